The number of benzene rings is 1. The number of rotatable bonds is 0. The second-order valence-electron chi connectivity index (χ2n) is 2.66. The molecule has 1 aromatic carbocycles. The molecule has 2 aromatic rings. The highest BCUT2D eigenvalue weighted by Crippen LogP contribution is 2.36. The molecule has 0 unspecified atom stereocenters. The first-order valence-corrected chi connectivity index (χ1v) is 5.22. The molecule has 0 bridgehead atoms. The Kier molecular flexibility index (Phi) is 1.85. The van der Waals surface area contributed by atoms with Gasteiger partial charge in [-0.25, -0.2) is 0 Å². The monoisotopic (exact) mass is 242 g/mol. The molecule has 0 saturated heterocycles. The molecule has 0 amide bonds. The van der Waals surface area contributed by atoms with E-state index in [2.05, 4.69) is 15.9 Å². The van der Waals surface area contributed by atoms with Crippen molar-refractivity contribution in [1.82, 2.24) is 0 Å². The molecule has 0 aliphatic carbocycles. The van der Waals surface area contributed by atoms with Crippen molar-refractivity contribution in [3.8, 4) is 5.75 Å². The van der Waals surface area contributed by atoms with Gasteiger partial charge < -0.3 is 5.11 Å². The van der Waals surface area contributed by atoms with Gasteiger partial charge in [0.15, 0.2) is 0 Å². The van der Waals surface area contributed by atoms with Crippen molar-refractivity contribution in [3.63, 3.8) is 0 Å². The van der Waals surface area contributed by atoms with E-state index in [1.165, 1.54) is 0 Å². The van der Waals surface area contributed by atoms with Gasteiger partial charge in [-0.2, -0.15) is 0 Å². The molecule has 0 fully saturated rings. The summed E-state index contributed by atoms with van der Waals surface area (Å²) >= 11 is 5.03. The van der Waals surface area contributed by atoms with Crippen molar-refractivity contribution in [2.45, 2.75) is 6.92 Å². The first kappa shape index (κ1) is 8.08. The van der Waals surface area contributed by atoms with E-state index < -0.39 is 0 Å². The highest BCUT2D eigenvalue weighted by Gasteiger charge is 2.07. The maximum atomic E-state index is 9.70. The first-order valence-electron chi connectivity index (χ1n) is 3.55. The number of hydrogen-bond donors (Lipinski definition) is 1. The topological polar surface area (TPSA) is 20.2 Å². The highest BCUT2D eigenvalue weighted by atomic mass is 79.9. The summed E-state index contributed by atoms with van der Waals surface area (Å²) < 4.78 is 2.08. The van der Waals surface area contributed by atoms with Gasteiger partial charge >= 0.3 is 0 Å². The molecule has 3 heteroatoms. The molecular formula is C9H7BrOS. The van der Waals surface area contributed by atoms with Gasteiger partial charge in [-0.15, -0.1) is 11.3 Å². The largest absolute Gasteiger partial charge is 0.507 e. The Labute approximate surface area is 82.8 Å². The molecule has 0 aliphatic heterocycles. The summed E-state index contributed by atoms with van der Waals surface area (Å²) in [6.07, 6.45) is 0. The first-order chi connectivity index (χ1) is 5.70. The number of thiophene rings is 1. The van der Waals surface area contributed by atoms with Gasteiger partial charge in [-0.3, -0.25) is 0 Å². The third-order valence-electron chi connectivity index (χ3n) is 1.92. The lowest BCUT2D eigenvalue weighted by molar-refractivity contribution is 0.477. The van der Waals surface area contributed by atoms with Crippen LogP contribution < -0.4 is 0 Å². The van der Waals surface area contributed by atoms with E-state index in [1.54, 1.807) is 11.3 Å². The van der Waals surface area contributed by atoms with Crippen LogP contribution in [0.5, 0.6) is 5.75 Å². The smallest absolute Gasteiger partial charge is 0.128 e. The lowest BCUT2D eigenvalue weighted by atomic mass is 10.1. The third kappa shape index (κ3) is 1.04. The van der Waals surface area contributed by atoms with E-state index in [1.807, 2.05) is 24.4 Å². The van der Waals surface area contributed by atoms with Crippen molar-refractivity contribution >= 4 is 37.4 Å². The van der Waals surface area contributed by atoms with Crippen LogP contribution in [0, 0.1) is 6.92 Å². The molecule has 0 aliphatic rings. The van der Waals surface area contributed by atoms with Crippen LogP contribution in [-0.2, 0) is 0 Å². The molecule has 12 heavy (non-hydrogen) atoms. The zero-order valence-electron chi connectivity index (χ0n) is 6.47. The van der Waals surface area contributed by atoms with Crippen LogP contribution in [0.3, 0.4) is 0 Å². The summed E-state index contributed by atoms with van der Waals surface area (Å²) in [5, 5.41) is 12.6. The molecule has 1 heterocycles. The predicted octanol–water partition coefficient (Wildman–Crippen LogP) is 3.68. The van der Waals surface area contributed by atoms with Gasteiger partial charge in [-0.05, 0) is 24.4 Å². The maximum absolute atomic E-state index is 9.70. The average molecular weight is 243 g/mol. The zero-order valence-corrected chi connectivity index (χ0v) is 8.87. The van der Waals surface area contributed by atoms with Gasteiger partial charge in [0.05, 0.1) is 0 Å². The molecule has 0 spiro atoms. The van der Waals surface area contributed by atoms with Gasteiger partial charge in [0, 0.05) is 20.1 Å². The van der Waals surface area contributed by atoms with Crippen molar-refractivity contribution in [3.05, 3.63) is 27.5 Å². The minimum absolute atomic E-state index is 0.389. The fourth-order valence-electron chi connectivity index (χ4n) is 1.17. The van der Waals surface area contributed by atoms with Crippen molar-refractivity contribution in [2.75, 3.05) is 0 Å². The lowest BCUT2D eigenvalue weighted by Gasteiger charge is -2.02. The molecular weight excluding hydrogens is 236 g/mol. The number of fused-ring (bicyclic) bond motifs is 1. The molecule has 0 radical (unpaired) electrons. The van der Waals surface area contributed by atoms with Gasteiger partial charge in [0.2, 0.25) is 0 Å². The molecule has 0 saturated carbocycles. The molecule has 1 aromatic heterocycles. The fraction of sp³-hybridized carbons (Fsp3) is 0.111. The fourth-order valence-corrected chi connectivity index (χ4v) is 2.56. The second-order valence-corrected chi connectivity index (χ2v) is 4.47. The Morgan fingerprint density at radius 2 is 2.25 bits per heavy atom. The van der Waals surface area contributed by atoms with Crippen LogP contribution in [0.15, 0.2) is 22.0 Å². The predicted molar refractivity (Wildman–Crippen MR) is 55.9 cm³/mol. The van der Waals surface area contributed by atoms with E-state index >= 15 is 0 Å². The Morgan fingerprint density at radius 1 is 1.50 bits per heavy atom. The number of phenols is 1. The molecule has 62 valence electrons. The zero-order chi connectivity index (χ0) is 8.72. The Morgan fingerprint density at radius 3 is 3.00 bits per heavy atom. The standard InChI is InChI=1S/C9H7BrOS/c1-5-7(10)4-8-6(9(5)11)2-3-12-8/h2-4,11H,1H3. The van der Waals surface area contributed by atoms with Crippen LogP contribution in [0.2, 0.25) is 0 Å². The number of hydrogen-bond acceptors (Lipinski definition) is 2. The summed E-state index contributed by atoms with van der Waals surface area (Å²) in [6, 6.07) is 3.98. The van der Waals surface area contributed by atoms with Gasteiger partial charge in [-0.1, -0.05) is 15.9 Å². The maximum Gasteiger partial charge on any atom is 0.128 e. The van der Waals surface area contributed by atoms with Crippen molar-refractivity contribution in [2.24, 2.45) is 0 Å². The summed E-state index contributed by atoms with van der Waals surface area (Å²) in [5.74, 6) is 0.389. The summed E-state index contributed by atoms with van der Waals surface area (Å²) in [6.45, 7) is 1.90. The van der Waals surface area contributed by atoms with E-state index in [0.29, 0.717) is 5.75 Å². The highest BCUT2D eigenvalue weighted by molar-refractivity contribution is 9.10. The van der Waals surface area contributed by atoms with Gasteiger partial charge in [0.25, 0.3) is 0 Å². The number of halogens is 1. The van der Waals surface area contributed by atoms with Crippen molar-refractivity contribution < 1.29 is 5.11 Å². The van der Waals surface area contributed by atoms with Gasteiger partial charge in [0.1, 0.15) is 5.75 Å². The molecule has 2 rings (SSSR count). The SMILES string of the molecule is Cc1c(Br)cc2sccc2c1O. The van der Waals surface area contributed by atoms with E-state index in [9.17, 15) is 5.11 Å². The number of aromatic hydroxyl groups is 1. The van der Waals surface area contributed by atoms with Crippen LogP contribution in [0.25, 0.3) is 10.1 Å². The lowest BCUT2D eigenvalue weighted by Crippen LogP contribution is -1.77. The average Bonchev–Trinajstić information content (AvgIpc) is 2.48. The minimum Gasteiger partial charge on any atom is -0.507 e. The van der Waals surface area contributed by atoms with E-state index in [0.717, 1.165) is 20.1 Å². The minimum atomic E-state index is 0.389. The second kappa shape index (κ2) is 2.75. The van der Waals surface area contributed by atoms with Crippen LogP contribution >= 0.6 is 27.3 Å². The summed E-state index contributed by atoms with van der Waals surface area (Å²) in [7, 11) is 0. The quantitative estimate of drug-likeness (QED) is 0.748. The molecule has 1 nitrogen and oxygen atoms in total. The molecule has 0 atom stereocenters. The number of phenolic OH excluding ortho intramolecular Hbond substituents is 1. The van der Waals surface area contributed by atoms with E-state index in [4.69, 9.17) is 0 Å². The third-order valence-corrected chi connectivity index (χ3v) is 3.61. The Balaban J connectivity index is 2.94. The molecule has 1 N–H and O–H groups in total. The van der Waals surface area contributed by atoms with Crippen LogP contribution in [0.4, 0.5) is 0 Å². The van der Waals surface area contributed by atoms with Crippen LogP contribution in [0.1, 0.15) is 5.56 Å². The summed E-state index contributed by atoms with van der Waals surface area (Å²) in [5.41, 5.74) is 0.904. The van der Waals surface area contributed by atoms with Crippen LogP contribution in [-0.4, -0.2) is 5.11 Å². The van der Waals surface area contributed by atoms with Crippen molar-refractivity contribution in [1.29, 1.82) is 0 Å². The Hall–Kier alpha value is -0.540. The summed E-state index contributed by atoms with van der Waals surface area (Å²) in [4.78, 5) is 0. The van der Waals surface area contributed by atoms with E-state index in [-0.39, 0.29) is 0 Å². The Bertz CT molecular complexity index is 433. The normalized spacial score (nSPS) is 10.8.